The fraction of sp³-hybridized carbons (Fsp3) is 0. The Hall–Kier alpha value is -9.39. The molecule has 14 aromatic rings. The standard InChI is InChI=1S/C63H40N6/c1-3-21-41(22-4-1)43-31-19-33-51(59(43)67-53-35-13-7-25-45(53)46-26-8-14-36-54(46)67)61-64-62(66-63(65-61)69-57-39-17-11-29-49(57)50-30-12-18-40-58(50)69)52-34-20-32-44(42-23-5-2-6-24-42)60(52)68-55-37-15-9-27-47(55)48-28-10-16-38-56(48)68/h1-40H. The van der Waals surface area contributed by atoms with Crippen LogP contribution < -0.4 is 0 Å². The van der Waals surface area contributed by atoms with E-state index in [0.29, 0.717) is 17.6 Å². The Balaban J connectivity index is 1.15. The van der Waals surface area contributed by atoms with E-state index >= 15 is 0 Å². The van der Waals surface area contributed by atoms with Gasteiger partial charge >= 0.3 is 0 Å². The maximum atomic E-state index is 5.71. The number of rotatable bonds is 7. The second kappa shape index (κ2) is 15.6. The van der Waals surface area contributed by atoms with Gasteiger partial charge in [-0.05, 0) is 59.7 Å². The van der Waals surface area contributed by atoms with Gasteiger partial charge in [0.2, 0.25) is 5.95 Å². The van der Waals surface area contributed by atoms with Gasteiger partial charge in [0.15, 0.2) is 11.6 Å². The molecule has 10 aromatic carbocycles. The number of hydrogen-bond donors (Lipinski definition) is 0. The van der Waals surface area contributed by atoms with Gasteiger partial charge in [0.1, 0.15) is 0 Å². The van der Waals surface area contributed by atoms with Crippen molar-refractivity contribution in [3.8, 4) is 62.4 Å². The minimum atomic E-state index is 0.531. The molecule has 0 fully saturated rings. The van der Waals surface area contributed by atoms with E-state index in [4.69, 9.17) is 15.0 Å². The maximum Gasteiger partial charge on any atom is 0.238 e. The summed E-state index contributed by atoms with van der Waals surface area (Å²) in [6.07, 6.45) is 0. The first kappa shape index (κ1) is 38.8. The molecule has 0 bridgehead atoms. The highest BCUT2D eigenvalue weighted by atomic mass is 15.2. The molecule has 0 aliphatic carbocycles. The quantitative estimate of drug-likeness (QED) is 0.160. The number of fused-ring (bicyclic) bond motifs is 9. The van der Waals surface area contributed by atoms with Gasteiger partial charge in [-0.3, -0.25) is 4.57 Å². The molecule has 0 saturated heterocycles. The fourth-order valence-electron chi connectivity index (χ4n) is 10.8. The van der Waals surface area contributed by atoms with Crippen LogP contribution in [0.2, 0.25) is 0 Å². The van der Waals surface area contributed by atoms with Gasteiger partial charge < -0.3 is 9.13 Å². The van der Waals surface area contributed by atoms with Crippen LogP contribution in [-0.4, -0.2) is 28.7 Å². The molecule has 0 atom stereocenters. The number of benzene rings is 10. The highest BCUT2D eigenvalue weighted by molar-refractivity contribution is 6.12. The third kappa shape index (κ3) is 6.02. The molecule has 6 nitrogen and oxygen atoms in total. The summed E-state index contributed by atoms with van der Waals surface area (Å²) < 4.78 is 7.03. The second-order valence-corrected chi connectivity index (χ2v) is 17.5. The Morgan fingerprint density at radius 1 is 0.217 bits per heavy atom. The fourth-order valence-corrected chi connectivity index (χ4v) is 10.8. The van der Waals surface area contributed by atoms with Gasteiger partial charge in [-0.25, -0.2) is 4.98 Å². The van der Waals surface area contributed by atoms with Gasteiger partial charge in [-0.2, -0.15) is 9.97 Å². The average molecular weight is 881 g/mol. The lowest BCUT2D eigenvalue weighted by molar-refractivity contribution is 0.950. The number of hydrogen-bond acceptors (Lipinski definition) is 3. The topological polar surface area (TPSA) is 53.5 Å². The molecule has 14 rings (SSSR count). The Bertz CT molecular complexity index is 3930. The van der Waals surface area contributed by atoms with Crippen molar-refractivity contribution in [3.05, 3.63) is 243 Å². The molecule has 0 aliphatic heterocycles. The SMILES string of the molecule is c1ccc(-c2cccc(-c3nc(-c4cccc(-c5ccccc5)c4-n4c5ccccc5c5ccccc54)nc(-n4c5ccccc5c5ccccc54)n3)c2-n2c3ccccc3c3ccccc32)cc1. The lowest BCUT2D eigenvalue weighted by Gasteiger charge is -2.20. The zero-order chi connectivity index (χ0) is 45.4. The van der Waals surface area contributed by atoms with Gasteiger partial charge in [0.25, 0.3) is 0 Å². The summed E-state index contributed by atoms with van der Waals surface area (Å²) >= 11 is 0. The summed E-state index contributed by atoms with van der Waals surface area (Å²) in [5, 5.41) is 6.97. The molecule has 6 heteroatoms. The van der Waals surface area contributed by atoms with Crippen LogP contribution in [0.4, 0.5) is 0 Å². The van der Waals surface area contributed by atoms with E-state index in [1.807, 2.05) is 0 Å². The predicted octanol–water partition coefficient (Wildman–Crippen LogP) is 15.8. The highest BCUT2D eigenvalue weighted by Crippen LogP contribution is 2.44. The molecule has 4 aromatic heterocycles. The first-order valence-electron chi connectivity index (χ1n) is 23.4. The van der Waals surface area contributed by atoms with Crippen molar-refractivity contribution < 1.29 is 0 Å². The minimum Gasteiger partial charge on any atom is -0.308 e. The Morgan fingerprint density at radius 3 is 0.826 bits per heavy atom. The monoisotopic (exact) mass is 880 g/mol. The zero-order valence-corrected chi connectivity index (χ0v) is 37.3. The summed E-state index contributed by atoms with van der Waals surface area (Å²) in [5.41, 5.74) is 14.5. The molecule has 0 amide bonds. The third-order valence-corrected chi connectivity index (χ3v) is 13.7. The summed E-state index contributed by atoms with van der Waals surface area (Å²) in [4.78, 5) is 17.0. The highest BCUT2D eigenvalue weighted by Gasteiger charge is 2.26. The van der Waals surface area contributed by atoms with Crippen molar-refractivity contribution in [2.75, 3.05) is 0 Å². The second-order valence-electron chi connectivity index (χ2n) is 17.5. The Morgan fingerprint density at radius 2 is 0.493 bits per heavy atom. The van der Waals surface area contributed by atoms with Gasteiger partial charge in [0, 0.05) is 54.6 Å². The van der Waals surface area contributed by atoms with E-state index in [2.05, 4.69) is 256 Å². The van der Waals surface area contributed by atoms with Crippen LogP contribution in [0.1, 0.15) is 0 Å². The van der Waals surface area contributed by atoms with Crippen LogP contribution in [0.3, 0.4) is 0 Å². The van der Waals surface area contributed by atoms with Crippen molar-refractivity contribution >= 4 is 65.4 Å². The molecule has 0 spiro atoms. The van der Waals surface area contributed by atoms with Crippen molar-refractivity contribution in [2.45, 2.75) is 0 Å². The minimum absolute atomic E-state index is 0.531. The van der Waals surface area contributed by atoms with Crippen LogP contribution in [0, 0.1) is 0 Å². The molecule has 0 N–H and O–H groups in total. The van der Waals surface area contributed by atoms with Crippen molar-refractivity contribution in [1.29, 1.82) is 0 Å². The average Bonchev–Trinajstić information content (AvgIpc) is 4.07. The normalized spacial score (nSPS) is 11.8. The van der Waals surface area contributed by atoms with Gasteiger partial charge in [-0.15, -0.1) is 0 Å². The van der Waals surface area contributed by atoms with Crippen LogP contribution in [0.15, 0.2) is 243 Å². The summed E-state index contributed by atoms with van der Waals surface area (Å²) in [6.45, 7) is 0. The van der Waals surface area contributed by atoms with Crippen LogP contribution >= 0.6 is 0 Å². The number of nitrogens with zero attached hydrogens (tertiary/aromatic N) is 6. The molecule has 69 heavy (non-hydrogen) atoms. The van der Waals surface area contributed by atoms with Crippen LogP contribution in [-0.2, 0) is 0 Å². The van der Waals surface area contributed by atoms with E-state index in [9.17, 15) is 0 Å². The third-order valence-electron chi connectivity index (χ3n) is 13.7. The van der Waals surface area contributed by atoms with E-state index < -0.39 is 0 Å². The molecule has 0 unspecified atom stereocenters. The summed E-state index contributed by atoms with van der Waals surface area (Å²) in [5.74, 6) is 1.65. The Kier molecular flexibility index (Phi) is 8.79. The first-order valence-corrected chi connectivity index (χ1v) is 23.4. The lowest BCUT2D eigenvalue weighted by Crippen LogP contribution is -2.10. The number of aromatic nitrogens is 6. The van der Waals surface area contributed by atoms with Crippen molar-refractivity contribution in [1.82, 2.24) is 28.7 Å². The van der Waals surface area contributed by atoms with Crippen molar-refractivity contribution in [2.24, 2.45) is 0 Å². The van der Waals surface area contributed by atoms with Crippen LogP contribution in [0.5, 0.6) is 0 Å². The van der Waals surface area contributed by atoms with Crippen molar-refractivity contribution in [3.63, 3.8) is 0 Å². The van der Waals surface area contributed by atoms with E-state index in [0.717, 1.165) is 88.6 Å². The van der Waals surface area contributed by atoms with Gasteiger partial charge in [-0.1, -0.05) is 194 Å². The molecule has 322 valence electrons. The lowest BCUT2D eigenvalue weighted by atomic mass is 9.98. The van der Waals surface area contributed by atoms with E-state index in [1.165, 1.54) is 21.5 Å². The molecule has 4 heterocycles. The zero-order valence-electron chi connectivity index (χ0n) is 37.3. The van der Waals surface area contributed by atoms with E-state index in [-0.39, 0.29) is 0 Å². The summed E-state index contributed by atoms with van der Waals surface area (Å²) in [7, 11) is 0. The molecule has 0 radical (unpaired) electrons. The smallest absolute Gasteiger partial charge is 0.238 e. The largest absolute Gasteiger partial charge is 0.308 e. The van der Waals surface area contributed by atoms with Gasteiger partial charge in [0.05, 0.1) is 44.5 Å². The summed E-state index contributed by atoms with van der Waals surface area (Å²) in [6, 6.07) is 86.2. The first-order chi connectivity index (χ1) is 34.3. The molecular weight excluding hydrogens is 841 g/mol. The molecule has 0 aliphatic rings. The van der Waals surface area contributed by atoms with Crippen LogP contribution in [0.25, 0.3) is 128 Å². The molecular formula is C63H40N6. The Labute approximate surface area is 397 Å². The van der Waals surface area contributed by atoms with E-state index in [1.54, 1.807) is 0 Å². The molecule has 0 saturated carbocycles. The predicted molar refractivity (Wildman–Crippen MR) is 285 cm³/mol. The number of para-hydroxylation sites is 8. The maximum absolute atomic E-state index is 5.71.